The van der Waals surface area contributed by atoms with E-state index in [0.29, 0.717) is 29.8 Å². The lowest BCUT2D eigenvalue weighted by atomic mass is 10.1. The maximum atomic E-state index is 12.1. The van der Waals surface area contributed by atoms with Crippen molar-refractivity contribution in [2.75, 3.05) is 41.5 Å². The van der Waals surface area contributed by atoms with E-state index in [4.69, 9.17) is 14.2 Å². The van der Waals surface area contributed by atoms with Crippen LogP contribution in [0.2, 0.25) is 0 Å². The Hall–Kier alpha value is -1.95. The van der Waals surface area contributed by atoms with Gasteiger partial charge in [0.2, 0.25) is 11.7 Å². The maximum Gasteiger partial charge on any atom is 0.224 e. The van der Waals surface area contributed by atoms with Gasteiger partial charge in [0, 0.05) is 19.1 Å². The van der Waals surface area contributed by atoms with Gasteiger partial charge in [-0.15, -0.1) is 0 Å². The highest BCUT2D eigenvalue weighted by Crippen LogP contribution is 2.38. The number of carbonyl (C=O) groups is 1. The molecule has 1 rings (SSSR count). The first-order chi connectivity index (χ1) is 11.5. The Morgan fingerprint density at radius 1 is 1.17 bits per heavy atom. The molecule has 1 aromatic rings. The van der Waals surface area contributed by atoms with Gasteiger partial charge in [-0.1, -0.05) is 6.92 Å². The van der Waals surface area contributed by atoms with Gasteiger partial charge in [-0.25, -0.2) is 0 Å². The van der Waals surface area contributed by atoms with E-state index < -0.39 is 0 Å². The summed E-state index contributed by atoms with van der Waals surface area (Å²) < 4.78 is 15.9. The van der Waals surface area contributed by atoms with Gasteiger partial charge in [-0.3, -0.25) is 4.79 Å². The molecule has 6 nitrogen and oxygen atoms in total. The van der Waals surface area contributed by atoms with Crippen molar-refractivity contribution in [3.8, 4) is 17.2 Å². The quantitative estimate of drug-likeness (QED) is 0.708. The highest BCUT2D eigenvalue weighted by molar-refractivity contribution is 5.79. The van der Waals surface area contributed by atoms with E-state index in [1.54, 1.807) is 33.5 Å². The van der Waals surface area contributed by atoms with Crippen molar-refractivity contribution in [2.24, 2.45) is 0 Å². The van der Waals surface area contributed by atoms with Gasteiger partial charge < -0.3 is 24.4 Å². The van der Waals surface area contributed by atoms with E-state index in [1.165, 1.54) is 0 Å². The van der Waals surface area contributed by atoms with E-state index in [0.717, 1.165) is 18.5 Å². The fourth-order valence-corrected chi connectivity index (χ4v) is 2.39. The first kappa shape index (κ1) is 20.1. The molecular formula is C18H30N2O4. The predicted molar refractivity (Wildman–Crippen MR) is 95.2 cm³/mol. The number of hydrogen-bond acceptors (Lipinski definition) is 5. The zero-order chi connectivity index (χ0) is 18.1. The molecule has 0 aliphatic heterocycles. The Balaban J connectivity index is 2.64. The lowest BCUT2D eigenvalue weighted by molar-refractivity contribution is -0.120. The monoisotopic (exact) mass is 338 g/mol. The molecule has 0 saturated heterocycles. The van der Waals surface area contributed by atoms with Crippen LogP contribution < -0.4 is 19.5 Å². The predicted octanol–water partition coefficient (Wildman–Crippen LogP) is 2.10. The Bertz CT molecular complexity index is 509. The Morgan fingerprint density at radius 2 is 1.75 bits per heavy atom. The molecule has 0 unspecified atom stereocenters. The minimum Gasteiger partial charge on any atom is -0.493 e. The van der Waals surface area contributed by atoms with Gasteiger partial charge in [-0.05, 0) is 38.1 Å². The van der Waals surface area contributed by atoms with E-state index in [2.05, 4.69) is 31.1 Å². The maximum absolute atomic E-state index is 12.1. The number of benzene rings is 1. The van der Waals surface area contributed by atoms with Crippen LogP contribution in [0.15, 0.2) is 12.1 Å². The van der Waals surface area contributed by atoms with E-state index in [1.807, 2.05) is 0 Å². The van der Waals surface area contributed by atoms with Crippen LogP contribution >= 0.6 is 0 Å². The number of nitrogens with zero attached hydrogens (tertiary/aromatic N) is 1. The summed E-state index contributed by atoms with van der Waals surface area (Å²) in [5, 5.41) is 2.95. The number of hydrogen-bond donors (Lipinski definition) is 1. The smallest absolute Gasteiger partial charge is 0.224 e. The highest BCUT2D eigenvalue weighted by Gasteiger charge is 2.15. The molecule has 136 valence electrons. The summed E-state index contributed by atoms with van der Waals surface area (Å²) in [7, 11) is 6.75. The Labute approximate surface area is 145 Å². The van der Waals surface area contributed by atoms with Crippen LogP contribution in [0.3, 0.4) is 0 Å². The number of rotatable bonds is 10. The van der Waals surface area contributed by atoms with Crippen molar-refractivity contribution in [3.05, 3.63) is 17.7 Å². The van der Waals surface area contributed by atoms with Gasteiger partial charge in [0.05, 0.1) is 27.8 Å². The summed E-state index contributed by atoms with van der Waals surface area (Å²) >= 11 is 0. The molecule has 6 heteroatoms. The van der Waals surface area contributed by atoms with E-state index >= 15 is 0 Å². The van der Waals surface area contributed by atoms with Crippen LogP contribution in [-0.4, -0.2) is 58.3 Å². The lowest BCUT2D eigenvalue weighted by Crippen LogP contribution is -2.37. The Morgan fingerprint density at radius 3 is 2.21 bits per heavy atom. The normalized spacial score (nSPS) is 12.0. The summed E-state index contributed by atoms with van der Waals surface area (Å²) in [6.45, 7) is 5.79. The molecule has 24 heavy (non-hydrogen) atoms. The largest absolute Gasteiger partial charge is 0.493 e. The zero-order valence-corrected chi connectivity index (χ0v) is 15.6. The standard InChI is InChI=1S/C18H30N2O4/c1-7-13(2)20(3)9-8-19-17(21)12-14-10-15(22-4)18(24-6)16(11-14)23-5/h10-11,13H,7-9,12H2,1-6H3,(H,19,21)/t13-/m0/s1. The first-order valence-corrected chi connectivity index (χ1v) is 8.22. The zero-order valence-electron chi connectivity index (χ0n) is 15.6. The summed E-state index contributed by atoms with van der Waals surface area (Å²) in [4.78, 5) is 14.4. The summed E-state index contributed by atoms with van der Waals surface area (Å²) in [5.41, 5.74) is 0.817. The molecule has 0 radical (unpaired) electrons. The third-order valence-electron chi connectivity index (χ3n) is 4.22. The van der Waals surface area contributed by atoms with Crippen molar-refractivity contribution >= 4 is 5.91 Å². The number of ether oxygens (including phenoxy) is 3. The lowest BCUT2D eigenvalue weighted by Gasteiger charge is -2.23. The molecule has 1 atom stereocenters. The second kappa shape index (κ2) is 10.0. The van der Waals surface area contributed by atoms with Crippen LogP contribution in [0.1, 0.15) is 25.8 Å². The number of nitrogens with one attached hydrogen (secondary N) is 1. The topological polar surface area (TPSA) is 60.0 Å². The Kier molecular flexibility index (Phi) is 8.40. The molecule has 0 aliphatic carbocycles. The number of amides is 1. The molecule has 0 spiro atoms. The minimum absolute atomic E-state index is 0.0261. The second-order valence-corrected chi connectivity index (χ2v) is 5.80. The van der Waals surface area contributed by atoms with Gasteiger partial charge in [0.15, 0.2) is 11.5 Å². The first-order valence-electron chi connectivity index (χ1n) is 8.22. The van der Waals surface area contributed by atoms with Crippen molar-refractivity contribution in [2.45, 2.75) is 32.7 Å². The average Bonchev–Trinajstić information content (AvgIpc) is 2.59. The van der Waals surface area contributed by atoms with Crippen molar-refractivity contribution < 1.29 is 19.0 Å². The average molecular weight is 338 g/mol. The molecule has 1 amide bonds. The molecule has 0 fully saturated rings. The van der Waals surface area contributed by atoms with Crippen LogP contribution in [-0.2, 0) is 11.2 Å². The third-order valence-corrected chi connectivity index (χ3v) is 4.22. The molecule has 0 heterocycles. The van der Waals surface area contributed by atoms with Crippen molar-refractivity contribution in [1.82, 2.24) is 10.2 Å². The molecular weight excluding hydrogens is 308 g/mol. The highest BCUT2D eigenvalue weighted by atomic mass is 16.5. The number of methoxy groups -OCH3 is 3. The fourth-order valence-electron chi connectivity index (χ4n) is 2.39. The molecule has 0 aliphatic rings. The van der Waals surface area contributed by atoms with Gasteiger partial charge in [0.1, 0.15) is 0 Å². The van der Waals surface area contributed by atoms with Crippen molar-refractivity contribution in [1.29, 1.82) is 0 Å². The van der Waals surface area contributed by atoms with Gasteiger partial charge in [0.25, 0.3) is 0 Å². The summed E-state index contributed by atoms with van der Waals surface area (Å²) in [6.07, 6.45) is 1.36. The number of likely N-dealkylation sites (N-methyl/N-ethyl adjacent to an activating group) is 1. The van der Waals surface area contributed by atoms with Crippen LogP contribution in [0.4, 0.5) is 0 Å². The minimum atomic E-state index is -0.0261. The van der Waals surface area contributed by atoms with Crippen molar-refractivity contribution in [3.63, 3.8) is 0 Å². The SMILES string of the molecule is CC[C@H](C)N(C)CCNC(=O)Cc1cc(OC)c(OC)c(OC)c1. The molecule has 1 aromatic carbocycles. The summed E-state index contributed by atoms with van der Waals surface area (Å²) in [6, 6.07) is 4.11. The van der Waals surface area contributed by atoms with Gasteiger partial charge in [-0.2, -0.15) is 0 Å². The molecule has 1 N–H and O–H groups in total. The summed E-state index contributed by atoms with van der Waals surface area (Å²) in [5.74, 6) is 1.61. The fraction of sp³-hybridized carbons (Fsp3) is 0.611. The molecule has 0 saturated carbocycles. The number of carbonyl (C=O) groups excluding carboxylic acids is 1. The third kappa shape index (κ3) is 5.60. The van der Waals surface area contributed by atoms with Crippen LogP contribution in [0, 0.1) is 0 Å². The van der Waals surface area contributed by atoms with Crippen LogP contribution in [0.5, 0.6) is 17.2 Å². The van der Waals surface area contributed by atoms with E-state index in [9.17, 15) is 4.79 Å². The van der Waals surface area contributed by atoms with Crippen LogP contribution in [0.25, 0.3) is 0 Å². The van der Waals surface area contributed by atoms with E-state index in [-0.39, 0.29) is 12.3 Å². The molecule has 0 bridgehead atoms. The second-order valence-electron chi connectivity index (χ2n) is 5.80. The van der Waals surface area contributed by atoms with Gasteiger partial charge >= 0.3 is 0 Å². The molecule has 0 aromatic heterocycles.